The highest BCUT2D eigenvalue weighted by atomic mass is 16.5. The zero-order chi connectivity index (χ0) is 13.9. The molecule has 0 aliphatic heterocycles. The van der Waals surface area contributed by atoms with E-state index in [9.17, 15) is 0 Å². The quantitative estimate of drug-likeness (QED) is 0.505. The Bertz CT molecular complexity index is 356. The summed E-state index contributed by atoms with van der Waals surface area (Å²) in [6.07, 6.45) is 3.14. The van der Waals surface area contributed by atoms with Crippen LogP contribution in [0.5, 0.6) is 0 Å². The van der Waals surface area contributed by atoms with Gasteiger partial charge in [0.2, 0.25) is 0 Å². The molecule has 0 unspecified atom stereocenters. The van der Waals surface area contributed by atoms with Crippen molar-refractivity contribution in [1.29, 1.82) is 0 Å². The molecule has 3 N–H and O–H groups in total. The first-order chi connectivity index (χ1) is 9.27. The fourth-order valence-electron chi connectivity index (χ4n) is 1.76. The Hall–Kier alpha value is -1.26. The topological polar surface area (TPSA) is 56.5 Å². The number of nitrogens with one attached hydrogen (secondary N) is 1. The lowest BCUT2D eigenvalue weighted by molar-refractivity contribution is 0.141. The third-order valence-electron chi connectivity index (χ3n) is 2.94. The first-order valence-corrected chi connectivity index (χ1v) is 6.97. The Morgan fingerprint density at radius 3 is 2.79 bits per heavy atom. The van der Waals surface area contributed by atoms with Gasteiger partial charge in [0.05, 0.1) is 13.2 Å². The molecule has 108 valence electrons. The average molecular weight is 266 g/mol. The second kappa shape index (κ2) is 9.64. The van der Waals surface area contributed by atoms with Crippen LogP contribution >= 0.6 is 0 Å². The van der Waals surface area contributed by atoms with Crippen LogP contribution in [0.3, 0.4) is 0 Å². The van der Waals surface area contributed by atoms with E-state index < -0.39 is 0 Å². The van der Waals surface area contributed by atoms with Crippen LogP contribution in [0.2, 0.25) is 0 Å². The highest BCUT2D eigenvalue weighted by molar-refractivity contribution is 5.57. The minimum Gasteiger partial charge on any atom is -0.399 e. The van der Waals surface area contributed by atoms with Crippen LogP contribution < -0.4 is 11.1 Å². The summed E-state index contributed by atoms with van der Waals surface area (Å²) in [6, 6.07) is 6.02. The first-order valence-electron chi connectivity index (χ1n) is 6.97. The summed E-state index contributed by atoms with van der Waals surface area (Å²) in [7, 11) is 1.70. The molecule has 0 aliphatic rings. The van der Waals surface area contributed by atoms with Gasteiger partial charge in [-0.25, -0.2) is 0 Å². The van der Waals surface area contributed by atoms with E-state index in [-0.39, 0.29) is 0 Å². The van der Waals surface area contributed by atoms with Crippen molar-refractivity contribution in [2.24, 2.45) is 0 Å². The second-order valence-electron chi connectivity index (χ2n) is 4.55. The van der Waals surface area contributed by atoms with Crippen LogP contribution in [0.25, 0.3) is 0 Å². The van der Waals surface area contributed by atoms with Crippen molar-refractivity contribution in [3.8, 4) is 0 Å². The number of anilines is 2. The van der Waals surface area contributed by atoms with Crippen LogP contribution in [0.1, 0.15) is 25.3 Å². The van der Waals surface area contributed by atoms with E-state index in [0.717, 1.165) is 49.5 Å². The first kappa shape index (κ1) is 15.8. The van der Waals surface area contributed by atoms with Gasteiger partial charge in [0.25, 0.3) is 0 Å². The van der Waals surface area contributed by atoms with Gasteiger partial charge in [-0.15, -0.1) is 0 Å². The molecule has 1 aromatic rings. The highest BCUT2D eigenvalue weighted by Crippen LogP contribution is 2.18. The summed E-state index contributed by atoms with van der Waals surface area (Å²) in [4.78, 5) is 0. The monoisotopic (exact) mass is 266 g/mol. The summed E-state index contributed by atoms with van der Waals surface area (Å²) in [5.74, 6) is 0. The summed E-state index contributed by atoms with van der Waals surface area (Å²) >= 11 is 0. The van der Waals surface area contributed by atoms with Gasteiger partial charge in [0.15, 0.2) is 0 Å². The molecule has 0 radical (unpaired) electrons. The van der Waals surface area contributed by atoms with Gasteiger partial charge < -0.3 is 20.5 Å². The van der Waals surface area contributed by atoms with E-state index in [1.807, 2.05) is 12.1 Å². The third kappa shape index (κ3) is 6.45. The van der Waals surface area contributed by atoms with Crippen LogP contribution in [-0.2, 0) is 15.9 Å². The number of hydrogen-bond acceptors (Lipinski definition) is 4. The van der Waals surface area contributed by atoms with E-state index in [1.165, 1.54) is 6.42 Å². The molecule has 19 heavy (non-hydrogen) atoms. The van der Waals surface area contributed by atoms with Crippen LogP contribution in [-0.4, -0.2) is 33.5 Å². The molecule has 0 spiro atoms. The Morgan fingerprint density at radius 2 is 2.05 bits per heavy atom. The number of nitrogens with two attached hydrogens (primary N) is 1. The fourth-order valence-corrected chi connectivity index (χ4v) is 1.76. The molecule has 0 aliphatic carbocycles. The summed E-state index contributed by atoms with van der Waals surface area (Å²) in [5.41, 5.74) is 8.96. The van der Waals surface area contributed by atoms with Gasteiger partial charge in [0, 0.05) is 31.6 Å². The van der Waals surface area contributed by atoms with E-state index in [2.05, 4.69) is 18.3 Å². The van der Waals surface area contributed by atoms with Gasteiger partial charge >= 0.3 is 0 Å². The number of methoxy groups -OCH3 is 1. The van der Waals surface area contributed by atoms with Gasteiger partial charge in [0.1, 0.15) is 0 Å². The van der Waals surface area contributed by atoms with Crippen molar-refractivity contribution in [3.63, 3.8) is 0 Å². The van der Waals surface area contributed by atoms with E-state index in [0.29, 0.717) is 6.61 Å². The van der Waals surface area contributed by atoms with Gasteiger partial charge in [-0.1, -0.05) is 13.3 Å². The van der Waals surface area contributed by atoms with Crippen LogP contribution in [0.4, 0.5) is 11.4 Å². The maximum absolute atomic E-state index is 5.93. The zero-order valence-electron chi connectivity index (χ0n) is 12.1. The standard InChI is InChI=1S/C15H26N2O2/c1-3-4-9-19-11-8-17-14-5-6-15(16)13(12-14)7-10-18-2/h5-6,12,17H,3-4,7-11,16H2,1-2H3. The molecular weight excluding hydrogens is 240 g/mol. The predicted molar refractivity (Wildman–Crippen MR) is 80.7 cm³/mol. The van der Waals surface area contributed by atoms with Crippen LogP contribution in [0, 0.1) is 0 Å². The van der Waals surface area contributed by atoms with Gasteiger partial charge in [-0.05, 0) is 36.6 Å². The van der Waals surface area contributed by atoms with Crippen molar-refractivity contribution < 1.29 is 9.47 Å². The molecule has 1 rings (SSSR count). The SMILES string of the molecule is CCCCOCCNc1ccc(N)c(CCOC)c1. The summed E-state index contributed by atoms with van der Waals surface area (Å²) < 4.78 is 10.6. The zero-order valence-corrected chi connectivity index (χ0v) is 12.1. The Kier molecular flexibility index (Phi) is 8.02. The number of hydrogen-bond donors (Lipinski definition) is 2. The lowest BCUT2D eigenvalue weighted by Crippen LogP contribution is -2.10. The maximum Gasteiger partial charge on any atom is 0.0639 e. The number of ether oxygens (including phenoxy) is 2. The van der Waals surface area contributed by atoms with E-state index in [4.69, 9.17) is 15.2 Å². The number of benzene rings is 1. The highest BCUT2D eigenvalue weighted by Gasteiger charge is 2.01. The minimum atomic E-state index is 0.688. The normalized spacial score (nSPS) is 10.6. The predicted octanol–water partition coefficient (Wildman–Crippen LogP) is 2.69. The fraction of sp³-hybridized carbons (Fsp3) is 0.600. The number of rotatable bonds is 10. The van der Waals surface area contributed by atoms with Gasteiger partial charge in [-0.2, -0.15) is 0 Å². The molecular formula is C15H26N2O2. The van der Waals surface area contributed by atoms with Gasteiger partial charge in [-0.3, -0.25) is 0 Å². The molecule has 1 aromatic carbocycles. The van der Waals surface area contributed by atoms with E-state index >= 15 is 0 Å². The van der Waals surface area contributed by atoms with Crippen LogP contribution in [0.15, 0.2) is 18.2 Å². The Labute approximate surface area is 116 Å². The molecule has 0 amide bonds. The number of unbranched alkanes of at least 4 members (excludes halogenated alkanes) is 1. The molecule has 0 saturated heterocycles. The maximum atomic E-state index is 5.93. The average Bonchev–Trinajstić information content (AvgIpc) is 2.43. The lowest BCUT2D eigenvalue weighted by Gasteiger charge is -2.11. The van der Waals surface area contributed by atoms with E-state index in [1.54, 1.807) is 7.11 Å². The number of nitrogen functional groups attached to an aromatic ring is 1. The largest absolute Gasteiger partial charge is 0.399 e. The summed E-state index contributed by atoms with van der Waals surface area (Å²) in [6.45, 7) is 5.25. The van der Waals surface area contributed by atoms with Crippen molar-refractivity contribution in [2.45, 2.75) is 26.2 Å². The molecule has 0 heterocycles. The Morgan fingerprint density at radius 1 is 1.21 bits per heavy atom. The molecule has 0 saturated carbocycles. The third-order valence-corrected chi connectivity index (χ3v) is 2.94. The van der Waals surface area contributed by atoms with Crippen molar-refractivity contribution in [2.75, 3.05) is 44.5 Å². The Balaban J connectivity index is 2.33. The molecule has 0 atom stereocenters. The molecule has 4 heteroatoms. The smallest absolute Gasteiger partial charge is 0.0639 e. The summed E-state index contributed by atoms with van der Waals surface area (Å²) in [5, 5.41) is 3.34. The molecule has 4 nitrogen and oxygen atoms in total. The van der Waals surface area contributed by atoms with Crippen molar-refractivity contribution in [1.82, 2.24) is 0 Å². The molecule has 0 bridgehead atoms. The molecule has 0 fully saturated rings. The minimum absolute atomic E-state index is 0.688. The van der Waals surface area contributed by atoms with Crippen molar-refractivity contribution >= 4 is 11.4 Å². The lowest BCUT2D eigenvalue weighted by atomic mass is 10.1. The second-order valence-corrected chi connectivity index (χ2v) is 4.55. The van der Waals surface area contributed by atoms with Crippen molar-refractivity contribution in [3.05, 3.63) is 23.8 Å². The molecule has 0 aromatic heterocycles.